The van der Waals surface area contributed by atoms with Gasteiger partial charge in [0.05, 0.1) is 5.92 Å². The summed E-state index contributed by atoms with van der Waals surface area (Å²) in [5.74, 6) is -2.73. The first-order valence-electron chi connectivity index (χ1n) is 7.99. The number of carboxylic acid groups (broad SMARTS) is 1. The maximum absolute atomic E-state index is 13.6. The third kappa shape index (κ3) is 4.76. The van der Waals surface area contributed by atoms with Crippen LogP contribution >= 0.6 is 0 Å². The topological polar surface area (TPSA) is 104 Å². The van der Waals surface area contributed by atoms with Gasteiger partial charge in [0, 0.05) is 25.6 Å². The summed E-state index contributed by atoms with van der Waals surface area (Å²) >= 11 is 0. The molecule has 2 unspecified atom stereocenters. The molecule has 138 valence electrons. The maximum Gasteiger partial charge on any atom is 0.308 e. The highest BCUT2D eigenvalue weighted by Crippen LogP contribution is 2.22. The van der Waals surface area contributed by atoms with Crippen molar-refractivity contribution in [2.24, 2.45) is 5.92 Å². The smallest absolute Gasteiger partial charge is 0.308 e. The van der Waals surface area contributed by atoms with E-state index in [1.54, 1.807) is 0 Å². The normalized spacial score (nSPS) is 21.1. The first-order chi connectivity index (χ1) is 11.7. The zero-order valence-electron chi connectivity index (χ0n) is 13.8. The van der Waals surface area contributed by atoms with E-state index in [0.717, 1.165) is 12.1 Å². The van der Waals surface area contributed by atoms with E-state index >= 15 is 0 Å². The van der Waals surface area contributed by atoms with Gasteiger partial charge < -0.3 is 10.0 Å². The Kier molecular flexibility index (Phi) is 6.12. The third-order valence-electron chi connectivity index (χ3n) is 4.31. The molecule has 1 aliphatic heterocycles. The van der Waals surface area contributed by atoms with Crippen LogP contribution in [0.3, 0.4) is 0 Å². The van der Waals surface area contributed by atoms with E-state index in [-0.39, 0.29) is 31.5 Å². The summed E-state index contributed by atoms with van der Waals surface area (Å²) in [6.07, 6.45) is 0.980. The number of nitrogens with zero attached hydrogens (tertiary/aromatic N) is 1. The molecule has 25 heavy (non-hydrogen) atoms. The van der Waals surface area contributed by atoms with Crippen LogP contribution in [-0.2, 0) is 19.6 Å². The number of hydrogen-bond acceptors (Lipinski definition) is 4. The second-order valence-corrected chi connectivity index (χ2v) is 7.82. The van der Waals surface area contributed by atoms with Crippen molar-refractivity contribution in [1.29, 1.82) is 0 Å². The SMILES string of the molecule is CC1CCC(C(=O)O)CN1C(=O)CCNS(=O)(=O)c1ccccc1F. The maximum atomic E-state index is 13.6. The van der Waals surface area contributed by atoms with Crippen LogP contribution in [0.25, 0.3) is 0 Å². The van der Waals surface area contributed by atoms with E-state index in [1.807, 2.05) is 6.92 Å². The Labute approximate surface area is 145 Å². The first-order valence-corrected chi connectivity index (χ1v) is 9.47. The fourth-order valence-electron chi connectivity index (χ4n) is 2.83. The number of halogens is 1. The predicted octanol–water partition coefficient (Wildman–Crippen LogP) is 1.21. The number of sulfonamides is 1. The molecule has 7 nitrogen and oxygen atoms in total. The minimum Gasteiger partial charge on any atom is -0.481 e. The number of carbonyl (C=O) groups excluding carboxylic acids is 1. The van der Waals surface area contributed by atoms with Crippen molar-refractivity contribution in [3.05, 3.63) is 30.1 Å². The summed E-state index contributed by atoms with van der Waals surface area (Å²) in [6.45, 7) is 1.77. The highest BCUT2D eigenvalue weighted by Gasteiger charge is 2.32. The lowest BCUT2D eigenvalue weighted by Crippen LogP contribution is -2.48. The zero-order valence-corrected chi connectivity index (χ0v) is 14.6. The number of nitrogens with one attached hydrogen (secondary N) is 1. The summed E-state index contributed by atoms with van der Waals surface area (Å²) in [5, 5.41) is 9.09. The average Bonchev–Trinajstić information content (AvgIpc) is 2.55. The lowest BCUT2D eigenvalue weighted by Gasteiger charge is -2.36. The van der Waals surface area contributed by atoms with Crippen molar-refractivity contribution in [3.8, 4) is 0 Å². The summed E-state index contributed by atoms with van der Waals surface area (Å²) in [7, 11) is -4.04. The van der Waals surface area contributed by atoms with Crippen molar-refractivity contribution in [3.63, 3.8) is 0 Å². The van der Waals surface area contributed by atoms with Crippen LogP contribution in [0.15, 0.2) is 29.2 Å². The minimum absolute atomic E-state index is 0.0914. The summed E-state index contributed by atoms with van der Waals surface area (Å²) in [5.41, 5.74) is 0. The fourth-order valence-corrected chi connectivity index (χ4v) is 3.94. The Balaban J connectivity index is 1.93. The van der Waals surface area contributed by atoms with Gasteiger partial charge in [0.1, 0.15) is 10.7 Å². The Bertz CT molecular complexity index is 753. The first kappa shape index (κ1) is 19.3. The molecule has 2 N–H and O–H groups in total. The monoisotopic (exact) mass is 372 g/mol. The minimum atomic E-state index is -4.04. The third-order valence-corrected chi connectivity index (χ3v) is 5.80. The van der Waals surface area contributed by atoms with Gasteiger partial charge in [-0.2, -0.15) is 0 Å². The van der Waals surface area contributed by atoms with Crippen LogP contribution < -0.4 is 4.72 Å². The molecule has 1 fully saturated rings. The molecule has 1 heterocycles. The van der Waals surface area contributed by atoms with Gasteiger partial charge in [-0.1, -0.05) is 12.1 Å². The van der Waals surface area contributed by atoms with E-state index in [1.165, 1.54) is 17.0 Å². The molecule has 1 amide bonds. The van der Waals surface area contributed by atoms with Crippen LogP contribution in [0.5, 0.6) is 0 Å². The molecule has 1 aromatic rings. The average molecular weight is 372 g/mol. The quantitative estimate of drug-likeness (QED) is 0.781. The van der Waals surface area contributed by atoms with Crippen molar-refractivity contribution in [2.45, 2.75) is 37.1 Å². The number of carboxylic acids is 1. The van der Waals surface area contributed by atoms with Crippen LogP contribution in [0.1, 0.15) is 26.2 Å². The number of benzene rings is 1. The van der Waals surface area contributed by atoms with Gasteiger partial charge in [0.2, 0.25) is 15.9 Å². The number of piperidine rings is 1. The number of hydrogen-bond donors (Lipinski definition) is 2. The number of rotatable bonds is 6. The molecule has 0 spiro atoms. The van der Waals surface area contributed by atoms with Gasteiger partial charge in [-0.25, -0.2) is 17.5 Å². The van der Waals surface area contributed by atoms with Gasteiger partial charge in [0.15, 0.2) is 0 Å². The standard InChI is InChI=1S/C16H21FN2O5S/c1-11-6-7-12(16(21)22)10-19(11)15(20)8-9-18-25(23,24)14-5-3-2-4-13(14)17/h2-5,11-12,18H,6-10H2,1H3,(H,21,22). The van der Waals surface area contributed by atoms with Gasteiger partial charge in [-0.15, -0.1) is 0 Å². The molecule has 1 saturated heterocycles. The number of carbonyl (C=O) groups is 2. The van der Waals surface area contributed by atoms with Crippen molar-refractivity contribution < 1.29 is 27.5 Å². The van der Waals surface area contributed by atoms with Crippen LogP contribution in [0, 0.1) is 11.7 Å². The van der Waals surface area contributed by atoms with E-state index in [0.29, 0.717) is 12.8 Å². The van der Waals surface area contributed by atoms with Gasteiger partial charge in [-0.05, 0) is 31.9 Å². The second-order valence-electron chi connectivity index (χ2n) is 6.09. The van der Waals surface area contributed by atoms with Crippen molar-refractivity contribution in [1.82, 2.24) is 9.62 Å². The number of aliphatic carboxylic acids is 1. The molecule has 0 saturated carbocycles. The second kappa shape index (κ2) is 7.92. The van der Waals surface area contributed by atoms with E-state index < -0.39 is 32.6 Å². The van der Waals surface area contributed by atoms with E-state index in [9.17, 15) is 22.4 Å². The zero-order chi connectivity index (χ0) is 18.6. The number of likely N-dealkylation sites (tertiary alicyclic amines) is 1. The van der Waals surface area contributed by atoms with Crippen molar-refractivity contribution in [2.75, 3.05) is 13.1 Å². The molecule has 1 aliphatic rings. The molecule has 2 atom stereocenters. The Morgan fingerprint density at radius 3 is 2.64 bits per heavy atom. The molecule has 0 bridgehead atoms. The van der Waals surface area contributed by atoms with Crippen LogP contribution in [-0.4, -0.2) is 49.4 Å². The molecule has 9 heteroatoms. The van der Waals surface area contributed by atoms with Crippen molar-refractivity contribution >= 4 is 21.9 Å². The highest BCUT2D eigenvalue weighted by atomic mass is 32.2. The molecule has 1 aromatic carbocycles. The predicted molar refractivity (Wildman–Crippen MR) is 87.7 cm³/mol. The van der Waals surface area contributed by atoms with E-state index in [4.69, 9.17) is 5.11 Å². The molecule has 0 aromatic heterocycles. The molecular formula is C16H21FN2O5S. The molecule has 0 aliphatic carbocycles. The van der Waals surface area contributed by atoms with Gasteiger partial charge >= 0.3 is 5.97 Å². The highest BCUT2D eigenvalue weighted by molar-refractivity contribution is 7.89. The van der Waals surface area contributed by atoms with E-state index in [2.05, 4.69) is 4.72 Å². The summed E-state index contributed by atoms with van der Waals surface area (Å²) in [6, 6.07) is 4.88. The van der Waals surface area contributed by atoms with Crippen LogP contribution in [0.4, 0.5) is 4.39 Å². The van der Waals surface area contributed by atoms with Gasteiger partial charge in [-0.3, -0.25) is 9.59 Å². The van der Waals surface area contributed by atoms with Gasteiger partial charge in [0.25, 0.3) is 0 Å². The Hall–Kier alpha value is -2.00. The Morgan fingerprint density at radius 2 is 2.00 bits per heavy atom. The summed E-state index contributed by atoms with van der Waals surface area (Å²) < 4.78 is 39.9. The lowest BCUT2D eigenvalue weighted by molar-refractivity contribution is -0.147. The molecular weight excluding hydrogens is 351 g/mol. The molecule has 0 radical (unpaired) electrons. The lowest BCUT2D eigenvalue weighted by atomic mass is 9.93. The van der Waals surface area contributed by atoms with Crippen LogP contribution in [0.2, 0.25) is 0 Å². The number of amides is 1. The summed E-state index contributed by atoms with van der Waals surface area (Å²) in [4.78, 5) is 24.4. The largest absolute Gasteiger partial charge is 0.481 e. The molecule has 2 rings (SSSR count). The Morgan fingerprint density at radius 1 is 1.32 bits per heavy atom. The fraction of sp³-hybridized carbons (Fsp3) is 0.500.